The lowest BCUT2D eigenvalue weighted by Crippen LogP contribution is -2.48. The summed E-state index contributed by atoms with van der Waals surface area (Å²) in [7, 11) is 0. The molecule has 0 aromatic carbocycles. The minimum Gasteiger partial charge on any atom is -0.312 e. The van der Waals surface area contributed by atoms with E-state index in [2.05, 4.69) is 24.1 Å². The lowest BCUT2D eigenvalue weighted by Gasteiger charge is -2.38. The molecule has 2 fully saturated rings. The van der Waals surface area contributed by atoms with E-state index in [0.717, 1.165) is 18.0 Å². The fourth-order valence-corrected chi connectivity index (χ4v) is 3.42. The SMILES string of the molecule is CCCNC(CN1CCCCC1CCC)C1CC1. The Morgan fingerprint density at radius 3 is 2.61 bits per heavy atom. The summed E-state index contributed by atoms with van der Waals surface area (Å²) < 4.78 is 0. The van der Waals surface area contributed by atoms with Crippen LogP contribution in [0.3, 0.4) is 0 Å². The molecular formula is C16H32N2. The van der Waals surface area contributed by atoms with E-state index in [1.165, 1.54) is 71.0 Å². The third kappa shape index (κ3) is 4.24. The maximum absolute atomic E-state index is 3.80. The molecule has 0 aromatic heterocycles. The van der Waals surface area contributed by atoms with Crippen LogP contribution in [-0.4, -0.2) is 36.6 Å². The molecule has 2 heteroatoms. The van der Waals surface area contributed by atoms with Crippen LogP contribution in [0.2, 0.25) is 0 Å². The van der Waals surface area contributed by atoms with Crippen molar-refractivity contribution in [2.45, 2.75) is 77.3 Å². The molecule has 1 heterocycles. The number of nitrogens with one attached hydrogen (secondary N) is 1. The lowest BCUT2D eigenvalue weighted by molar-refractivity contribution is 0.121. The van der Waals surface area contributed by atoms with Gasteiger partial charge in [0.15, 0.2) is 0 Å². The number of hydrogen-bond acceptors (Lipinski definition) is 2. The largest absolute Gasteiger partial charge is 0.312 e. The summed E-state index contributed by atoms with van der Waals surface area (Å²) in [5.41, 5.74) is 0. The average Bonchev–Trinajstić information content (AvgIpc) is 3.21. The van der Waals surface area contributed by atoms with Crippen molar-refractivity contribution in [2.24, 2.45) is 5.92 Å². The standard InChI is InChI=1S/C16H32N2/c1-3-7-15-8-5-6-12-18(15)13-16(14-9-10-14)17-11-4-2/h14-17H,3-13H2,1-2H3. The zero-order valence-electron chi connectivity index (χ0n) is 12.5. The summed E-state index contributed by atoms with van der Waals surface area (Å²) in [5.74, 6) is 0.987. The van der Waals surface area contributed by atoms with Crippen molar-refractivity contribution in [3.8, 4) is 0 Å². The summed E-state index contributed by atoms with van der Waals surface area (Å²) in [4.78, 5) is 2.80. The van der Waals surface area contributed by atoms with E-state index >= 15 is 0 Å². The Balaban J connectivity index is 1.82. The minimum absolute atomic E-state index is 0.780. The molecule has 2 atom stereocenters. The zero-order chi connectivity index (χ0) is 12.8. The van der Waals surface area contributed by atoms with Crippen LogP contribution in [0.25, 0.3) is 0 Å². The van der Waals surface area contributed by atoms with Crippen molar-refractivity contribution in [3.05, 3.63) is 0 Å². The first-order valence-corrected chi connectivity index (χ1v) is 8.32. The van der Waals surface area contributed by atoms with Crippen LogP contribution in [0.1, 0.15) is 65.2 Å². The number of nitrogens with zero attached hydrogens (tertiary/aromatic N) is 1. The highest BCUT2D eigenvalue weighted by Crippen LogP contribution is 2.34. The summed E-state index contributed by atoms with van der Waals surface area (Å²) in [6.45, 7) is 8.47. The van der Waals surface area contributed by atoms with E-state index in [0.29, 0.717) is 0 Å². The van der Waals surface area contributed by atoms with Gasteiger partial charge < -0.3 is 5.32 Å². The Labute approximate surface area is 114 Å². The second kappa shape index (κ2) is 7.49. The Bertz CT molecular complexity index is 223. The molecule has 0 spiro atoms. The van der Waals surface area contributed by atoms with E-state index in [4.69, 9.17) is 0 Å². The molecule has 0 radical (unpaired) electrons. The van der Waals surface area contributed by atoms with Gasteiger partial charge in [0.25, 0.3) is 0 Å². The number of likely N-dealkylation sites (tertiary alicyclic amines) is 1. The van der Waals surface area contributed by atoms with Gasteiger partial charge >= 0.3 is 0 Å². The van der Waals surface area contributed by atoms with Gasteiger partial charge in [-0.3, -0.25) is 4.90 Å². The van der Waals surface area contributed by atoms with Crippen molar-refractivity contribution in [2.75, 3.05) is 19.6 Å². The maximum atomic E-state index is 3.80. The molecule has 1 aliphatic carbocycles. The predicted octanol–water partition coefficient (Wildman–Crippen LogP) is 3.42. The van der Waals surface area contributed by atoms with Crippen molar-refractivity contribution in [1.82, 2.24) is 10.2 Å². The Morgan fingerprint density at radius 1 is 1.11 bits per heavy atom. The Morgan fingerprint density at radius 2 is 1.94 bits per heavy atom. The van der Waals surface area contributed by atoms with Gasteiger partial charge in [0.1, 0.15) is 0 Å². The molecule has 2 unspecified atom stereocenters. The number of rotatable bonds is 8. The smallest absolute Gasteiger partial charge is 0.0223 e. The first kappa shape index (κ1) is 14.3. The summed E-state index contributed by atoms with van der Waals surface area (Å²) in [5, 5.41) is 3.80. The van der Waals surface area contributed by atoms with E-state index in [1.54, 1.807) is 0 Å². The van der Waals surface area contributed by atoms with Crippen molar-refractivity contribution in [3.63, 3.8) is 0 Å². The highest BCUT2D eigenvalue weighted by Gasteiger charge is 2.33. The molecule has 2 aliphatic rings. The van der Waals surface area contributed by atoms with Gasteiger partial charge in [-0.25, -0.2) is 0 Å². The molecule has 2 nitrogen and oxygen atoms in total. The average molecular weight is 252 g/mol. The van der Waals surface area contributed by atoms with E-state index < -0.39 is 0 Å². The molecule has 0 bridgehead atoms. The first-order valence-electron chi connectivity index (χ1n) is 8.32. The van der Waals surface area contributed by atoms with Crippen LogP contribution in [0.15, 0.2) is 0 Å². The number of hydrogen-bond donors (Lipinski definition) is 1. The monoisotopic (exact) mass is 252 g/mol. The van der Waals surface area contributed by atoms with Gasteiger partial charge in [-0.2, -0.15) is 0 Å². The van der Waals surface area contributed by atoms with E-state index in [-0.39, 0.29) is 0 Å². The summed E-state index contributed by atoms with van der Waals surface area (Å²) in [6, 6.07) is 1.66. The van der Waals surface area contributed by atoms with Crippen LogP contribution >= 0.6 is 0 Å². The zero-order valence-corrected chi connectivity index (χ0v) is 12.5. The lowest BCUT2D eigenvalue weighted by atomic mass is 9.97. The molecule has 1 N–H and O–H groups in total. The molecule has 1 saturated carbocycles. The van der Waals surface area contributed by atoms with Gasteiger partial charge in [-0.1, -0.05) is 26.7 Å². The van der Waals surface area contributed by atoms with Gasteiger partial charge in [0.2, 0.25) is 0 Å². The molecule has 106 valence electrons. The summed E-state index contributed by atoms with van der Waals surface area (Å²) >= 11 is 0. The second-order valence-electron chi connectivity index (χ2n) is 6.33. The third-order valence-corrected chi connectivity index (χ3v) is 4.65. The highest BCUT2D eigenvalue weighted by atomic mass is 15.2. The van der Waals surface area contributed by atoms with Crippen LogP contribution < -0.4 is 5.32 Å². The van der Waals surface area contributed by atoms with Crippen LogP contribution in [0.4, 0.5) is 0 Å². The second-order valence-corrected chi connectivity index (χ2v) is 6.33. The van der Waals surface area contributed by atoms with Crippen LogP contribution in [-0.2, 0) is 0 Å². The molecule has 0 amide bonds. The Hall–Kier alpha value is -0.0800. The van der Waals surface area contributed by atoms with E-state index in [1.807, 2.05) is 0 Å². The molecule has 0 aromatic rings. The quantitative estimate of drug-likeness (QED) is 0.712. The fourth-order valence-electron chi connectivity index (χ4n) is 3.42. The predicted molar refractivity (Wildman–Crippen MR) is 78.9 cm³/mol. The van der Waals surface area contributed by atoms with Crippen LogP contribution in [0.5, 0.6) is 0 Å². The van der Waals surface area contributed by atoms with Crippen LogP contribution in [0, 0.1) is 5.92 Å². The normalized spacial score (nSPS) is 27.3. The molecule has 18 heavy (non-hydrogen) atoms. The molecule has 1 aliphatic heterocycles. The van der Waals surface area contributed by atoms with E-state index in [9.17, 15) is 0 Å². The van der Waals surface area contributed by atoms with Gasteiger partial charge in [-0.05, 0) is 57.5 Å². The van der Waals surface area contributed by atoms with Crippen molar-refractivity contribution in [1.29, 1.82) is 0 Å². The molecule has 1 saturated heterocycles. The maximum Gasteiger partial charge on any atom is 0.0223 e. The van der Waals surface area contributed by atoms with Crippen molar-refractivity contribution >= 4 is 0 Å². The third-order valence-electron chi connectivity index (χ3n) is 4.65. The highest BCUT2D eigenvalue weighted by molar-refractivity contribution is 4.90. The topological polar surface area (TPSA) is 15.3 Å². The Kier molecular flexibility index (Phi) is 5.97. The van der Waals surface area contributed by atoms with Gasteiger partial charge in [0, 0.05) is 18.6 Å². The van der Waals surface area contributed by atoms with Crippen molar-refractivity contribution < 1.29 is 0 Å². The summed E-state index contributed by atoms with van der Waals surface area (Å²) in [6.07, 6.45) is 11.3. The molecular weight excluding hydrogens is 220 g/mol. The van der Waals surface area contributed by atoms with Gasteiger partial charge in [-0.15, -0.1) is 0 Å². The molecule has 2 rings (SSSR count). The fraction of sp³-hybridized carbons (Fsp3) is 1.00. The minimum atomic E-state index is 0.780. The van der Waals surface area contributed by atoms with Gasteiger partial charge in [0.05, 0.1) is 0 Å². The first-order chi connectivity index (χ1) is 8.85. The number of piperidine rings is 1.